The minimum atomic E-state index is 0.935. The highest BCUT2D eigenvalue weighted by Gasteiger charge is 2.29. The van der Waals surface area contributed by atoms with Crippen molar-refractivity contribution < 1.29 is 0 Å². The fraction of sp³-hybridized carbons (Fsp3) is 0.0270. The van der Waals surface area contributed by atoms with Crippen molar-refractivity contribution >= 4 is 0 Å². The van der Waals surface area contributed by atoms with Crippen LogP contribution in [0.2, 0.25) is 0 Å². The van der Waals surface area contributed by atoms with Gasteiger partial charge in [-0.2, -0.15) is 0 Å². The second-order valence-corrected chi connectivity index (χ2v) is 9.68. The predicted molar refractivity (Wildman–Crippen MR) is 156 cm³/mol. The van der Waals surface area contributed by atoms with Gasteiger partial charge in [-0.3, -0.25) is 0 Å². The largest absolute Gasteiger partial charge is 0.0622 e. The first-order valence-electron chi connectivity index (χ1n) is 12.9. The first kappa shape index (κ1) is 21.6. The van der Waals surface area contributed by atoms with E-state index in [1.54, 1.807) is 0 Å². The van der Waals surface area contributed by atoms with E-state index >= 15 is 0 Å². The molecule has 0 bridgehead atoms. The van der Waals surface area contributed by atoms with Gasteiger partial charge in [-0.25, -0.2) is 0 Å². The minimum Gasteiger partial charge on any atom is -0.0622 e. The van der Waals surface area contributed by atoms with Gasteiger partial charge in [0.1, 0.15) is 0 Å². The van der Waals surface area contributed by atoms with Gasteiger partial charge in [0.2, 0.25) is 0 Å². The van der Waals surface area contributed by atoms with Crippen LogP contribution in [0.1, 0.15) is 11.1 Å². The summed E-state index contributed by atoms with van der Waals surface area (Å²) in [6, 6.07) is 52.7. The van der Waals surface area contributed by atoms with Crippen LogP contribution in [-0.4, -0.2) is 0 Å². The summed E-state index contributed by atoms with van der Waals surface area (Å²) < 4.78 is 0. The van der Waals surface area contributed by atoms with E-state index in [1.165, 1.54) is 66.8 Å². The molecule has 0 atom stereocenters. The molecule has 37 heavy (non-hydrogen) atoms. The van der Waals surface area contributed by atoms with Crippen LogP contribution in [-0.2, 0) is 6.42 Å². The van der Waals surface area contributed by atoms with Crippen molar-refractivity contribution in [1.82, 2.24) is 0 Å². The predicted octanol–water partition coefficient (Wildman–Crippen LogP) is 9.93. The quantitative estimate of drug-likeness (QED) is 0.240. The molecule has 0 radical (unpaired) electrons. The standard InChI is InChI=1S/C37H26/c1-5-13-26(14-6-1)31-23-24-33(28-17-9-3-10-18-28)37-34(31)25-30-21-22-32(27-15-7-2-8-16-27)35(36(30)37)29-19-11-4-12-20-29/h1-24H,25H2. The summed E-state index contributed by atoms with van der Waals surface area (Å²) in [6.07, 6.45) is 0.935. The maximum absolute atomic E-state index is 2.35. The smallest absolute Gasteiger partial charge is 0.000682 e. The Bertz CT molecular complexity index is 1700. The average Bonchev–Trinajstić information content (AvgIpc) is 3.38. The lowest BCUT2D eigenvalue weighted by Gasteiger charge is -2.19. The Labute approximate surface area is 218 Å². The fourth-order valence-corrected chi connectivity index (χ4v) is 5.90. The van der Waals surface area contributed by atoms with Gasteiger partial charge < -0.3 is 0 Å². The van der Waals surface area contributed by atoms with Gasteiger partial charge in [-0.15, -0.1) is 0 Å². The van der Waals surface area contributed by atoms with Gasteiger partial charge in [-0.1, -0.05) is 146 Å². The van der Waals surface area contributed by atoms with Crippen LogP contribution in [0.5, 0.6) is 0 Å². The first-order chi connectivity index (χ1) is 18.4. The Kier molecular flexibility index (Phi) is 5.30. The Morgan fingerprint density at radius 3 is 1.24 bits per heavy atom. The molecule has 0 saturated heterocycles. The van der Waals surface area contributed by atoms with Crippen molar-refractivity contribution in [2.24, 2.45) is 0 Å². The van der Waals surface area contributed by atoms with Crippen LogP contribution in [0, 0.1) is 0 Å². The molecular weight excluding hydrogens is 444 g/mol. The summed E-state index contributed by atoms with van der Waals surface area (Å²) in [4.78, 5) is 0. The number of hydrogen-bond donors (Lipinski definition) is 0. The van der Waals surface area contributed by atoms with Crippen molar-refractivity contribution in [3.8, 4) is 55.6 Å². The second-order valence-electron chi connectivity index (χ2n) is 9.68. The third-order valence-corrected chi connectivity index (χ3v) is 7.54. The molecule has 0 heteroatoms. The molecule has 0 unspecified atom stereocenters. The molecule has 6 aromatic rings. The van der Waals surface area contributed by atoms with E-state index < -0.39 is 0 Å². The van der Waals surface area contributed by atoms with E-state index in [1.807, 2.05) is 0 Å². The van der Waals surface area contributed by atoms with Crippen molar-refractivity contribution in [2.45, 2.75) is 6.42 Å². The number of benzene rings is 6. The van der Waals surface area contributed by atoms with Crippen molar-refractivity contribution in [3.05, 3.63) is 157 Å². The van der Waals surface area contributed by atoms with Crippen LogP contribution in [0.4, 0.5) is 0 Å². The monoisotopic (exact) mass is 470 g/mol. The SMILES string of the molecule is c1ccc(-c2ccc(-c3ccccc3)c3c2Cc2ccc(-c4ccccc4)c(-c4ccccc4)c2-3)cc1. The molecule has 6 aromatic carbocycles. The molecule has 0 N–H and O–H groups in total. The lowest BCUT2D eigenvalue weighted by Crippen LogP contribution is -1.93. The molecule has 1 aliphatic rings. The number of hydrogen-bond acceptors (Lipinski definition) is 0. The summed E-state index contributed by atoms with van der Waals surface area (Å²) in [7, 11) is 0. The highest BCUT2D eigenvalue weighted by molar-refractivity contribution is 6.04. The number of rotatable bonds is 4. The van der Waals surface area contributed by atoms with E-state index in [9.17, 15) is 0 Å². The molecule has 0 nitrogen and oxygen atoms in total. The Balaban J connectivity index is 1.59. The van der Waals surface area contributed by atoms with E-state index in [-0.39, 0.29) is 0 Å². The molecular formula is C37H26. The molecule has 0 spiro atoms. The highest BCUT2D eigenvalue weighted by atomic mass is 14.3. The Morgan fingerprint density at radius 2 is 0.703 bits per heavy atom. The van der Waals surface area contributed by atoms with Gasteiger partial charge in [0.05, 0.1) is 0 Å². The normalized spacial score (nSPS) is 11.7. The summed E-state index contributed by atoms with van der Waals surface area (Å²) >= 11 is 0. The molecule has 0 amide bonds. The molecule has 0 aromatic heterocycles. The van der Waals surface area contributed by atoms with E-state index in [0.29, 0.717) is 0 Å². The first-order valence-corrected chi connectivity index (χ1v) is 12.9. The van der Waals surface area contributed by atoms with Gasteiger partial charge in [0, 0.05) is 0 Å². The van der Waals surface area contributed by atoms with Crippen LogP contribution in [0.25, 0.3) is 55.6 Å². The molecule has 0 heterocycles. The molecule has 0 aliphatic heterocycles. The lowest BCUT2D eigenvalue weighted by atomic mass is 9.84. The number of fused-ring (bicyclic) bond motifs is 3. The van der Waals surface area contributed by atoms with Crippen LogP contribution >= 0.6 is 0 Å². The second kappa shape index (κ2) is 9.08. The van der Waals surface area contributed by atoms with Crippen molar-refractivity contribution in [3.63, 3.8) is 0 Å². The fourth-order valence-electron chi connectivity index (χ4n) is 5.90. The Morgan fingerprint density at radius 1 is 0.297 bits per heavy atom. The maximum atomic E-state index is 2.35. The zero-order valence-corrected chi connectivity index (χ0v) is 20.6. The highest BCUT2D eigenvalue weighted by Crippen LogP contribution is 2.52. The van der Waals surface area contributed by atoms with Crippen molar-refractivity contribution in [1.29, 1.82) is 0 Å². The zero-order valence-electron chi connectivity index (χ0n) is 20.6. The summed E-state index contributed by atoms with van der Waals surface area (Å²) in [5, 5.41) is 0. The minimum absolute atomic E-state index is 0.935. The average molecular weight is 471 g/mol. The molecule has 0 fully saturated rings. The zero-order chi connectivity index (χ0) is 24.6. The van der Waals surface area contributed by atoms with E-state index in [4.69, 9.17) is 0 Å². The van der Waals surface area contributed by atoms with Crippen LogP contribution in [0.3, 0.4) is 0 Å². The van der Waals surface area contributed by atoms with Gasteiger partial charge in [0.15, 0.2) is 0 Å². The maximum Gasteiger partial charge on any atom is -0.000682 e. The summed E-state index contributed by atoms with van der Waals surface area (Å²) in [6.45, 7) is 0. The summed E-state index contributed by atoms with van der Waals surface area (Å²) in [5.74, 6) is 0. The van der Waals surface area contributed by atoms with Gasteiger partial charge in [-0.05, 0) is 73.2 Å². The van der Waals surface area contributed by atoms with Crippen LogP contribution in [0.15, 0.2) is 146 Å². The topological polar surface area (TPSA) is 0 Å². The molecule has 174 valence electrons. The van der Waals surface area contributed by atoms with Crippen molar-refractivity contribution in [2.75, 3.05) is 0 Å². The Hall–Kier alpha value is -4.68. The van der Waals surface area contributed by atoms with E-state index in [0.717, 1.165) is 6.42 Å². The van der Waals surface area contributed by atoms with E-state index in [2.05, 4.69) is 146 Å². The van der Waals surface area contributed by atoms with Gasteiger partial charge >= 0.3 is 0 Å². The third-order valence-electron chi connectivity index (χ3n) is 7.54. The molecule has 0 saturated carbocycles. The van der Waals surface area contributed by atoms with Crippen LogP contribution < -0.4 is 0 Å². The molecule has 7 rings (SSSR count). The lowest BCUT2D eigenvalue weighted by molar-refractivity contribution is 1.26. The van der Waals surface area contributed by atoms with Gasteiger partial charge in [0.25, 0.3) is 0 Å². The third kappa shape index (κ3) is 3.70. The molecule has 1 aliphatic carbocycles. The summed E-state index contributed by atoms with van der Waals surface area (Å²) in [5.41, 5.74) is 15.8.